The molecule has 3 nitrogen and oxygen atoms in total. The molecule has 0 aliphatic carbocycles. The quantitative estimate of drug-likeness (QED) is 0.826. The van der Waals surface area contributed by atoms with Crippen molar-refractivity contribution in [2.24, 2.45) is 7.05 Å². The summed E-state index contributed by atoms with van der Waals surface area (Å²) in [6, 6.07) is 8.51. The highest BCUT2D eigenvalue weighted by atomic mass is 16.3. The van der Waals surface area contributed by atoms with Crippen LogP contribution in [0.1, 0.15) is 13.3 Å². The molecule has 0 saturated carbocycles. The molecule has 86 valence electrons. The second kappa shape index (κ2) is 4.58. The Hall–Kier alpha value is -1.48. The van der Waals surface area contributed by atoms with Crippen molar-refractivity contribution in [1.29, 1.82) is 0 Å². The SMILES string of the molecule is CCC(CO)Nc1ccc2c(ccn2C)c1. The van der Waals surface area contributed by atoms with E-state index in [1.807, 2.05) is 7.05 Å². The third-order valence-electron chi connectivity index (χ3n) is 2.97. The second-order valence-electron chi connectivity index (χ2n) is 4.13. The van der Waals surface area contributed by atoms with Crippen LogP contribution in [0.2, 0.25) is 0 Å². The van der Waals surface area contributed by atoms with Gasteiger partial charge in [-0.2, -0.15) is 0 Å². The molecule has 0 spiro atoms. The number of aliphatic hydroxyl groups excluding tert-OH is 1. The normalized spacial score (nSPS) is 12.9. The van der Waals surface area contributed by atoms with Gasteiger partial charge in [0.1, 0.15) is 0 Å². The highest BCUT2D eigenvalue weighted by Crippen LogP contribution is 2.20. The van der Waals surface area contributed by atoms with Crippen molar-refractivity contribution in [3.8, 4) is 0 Å². The summed E-state index contributed by atoms with van der Waals surface area (Å²) in [7, 11) is 2.04. The summed E-state index contributed by atoms with van der Waals surface area (Å²) in [6.45, 7) is 2.23. The van der Waals surface area contributed by atoms with Crippen molar-refractivity contribution in [2.45, 2.75) is 19.4 Å². The lowest BCUT2D eigenvalue weighted by atomic mass is 10.2. The molecule has 1 aromatic heterocycles. The van der Waals surface area contributed by atoms with E-state index in [9.17, 15) is 0 Å². The zero-order chi connectivity index (χ0) is 11.5. The van der Waals surface area contributed by atoms with Crippen LogP contribution in [-0.2, 0) is 7.05 Å². The van der Waals surface area contributed by atoms with Crippen LogP contribution in [0.15, 0.2) is 30.5 Å². The number of nitrogens with one attached hydrogen (secondary N) is 1. The van der Waals surface area contributed by atoms with E-state index in [0.29, 0.717) is 0 Å². The van der Waals surface area contributed by atoms with Crippen LogP contribution in [0.5, 0.6) is 0 Å². The highest BCUT2D eigenvalue weighted by molar-refractivity contribution is 5.83. The number of hydrogen-bond acceptors (Lipinski definition) is 2. The van der Waals surface area contributed by atoms with Crippen molar-refractivity contribution >= 4 is 16.6 Å². The van der Waals surface area contributed by atoms with Gasteiger partial charge in [-0.1, -0.05) is 6.92 Å². The van der Waals surface area contributed by atoms with E-state index in [1.165, 1.54) is 10.9 Å². The van der Waals surface area contributed by atoms with E-state index in [-0.39, 0.29) is 12.6 Å². The molecule has 0 bridgehead atoms. The average Bonchev–Trinajstić information content (AvgIpc) is 2.68. The van der Waals surface area contributed by atoms with Crippen LogP contribution in [0.25, 0.3) is 10.9 Å². The molecular formula is C13H18N2O. The molecule has 1 aromatic carbocycles. The van der Waals surface area contributed by atoms with E-state index in [0.717, 1.165) is 12.1 Å². The molecule has 2 rings (SSSR count). The van der Waals surface area contributed by atoms with E-state index >= 15 is 0 Å². The Morgan fingerprint density at radius 3 is 2.88 bits per heavy atom. The van der Waals surface area contributed by atoms with Crippen molar-refractivity contribution < 1.29 is 5.11 Å². The smallest absolute Gasteiger partial charge is 0.0632 e. The fourth-order valence-electron chi connectivity index (χ4n) is 1.88. The van der Waals surface area contributed by atoms with Crippen LogP contribution in [0.4, 0.5) is 5.69 Å². The fourth-order valence-corrected chi connectivity index (χ4v) is 1.88. The molecule has 1 heterocycles. The maximum Gasteiger partial charge on any atom is 0.0632 e. The topological polar surface area (TPSA) is 37.2 Å². The Morgan fingerprint density at radius 1 is 1.38 bits per heavy atom. The third kappa shape index (κ3) is 2.04. The third-order valence-corrected chi connectivity index (χ3v) is 2.97. The maximum absolute atomic E-state index is 9.14. The number of rotatable bonds is 4. The van der Waals surface area contributed by atoms with Gasteiger partial charge in [0.2, 0.25) is 0 Å². The minimum absolute atomic E-state index is 0.140. The molecular weight excluding hydrogens is 200 g/mol. The Labute approximate surface area is 95.7 Å². The zero-order valence-corrected chi connectivity index (χ0v) is 9.77. The van der Waals surface area contributed by atoms with E-state index in [1.54, 1.807) is 0 Å². The molecule has 2 N–H and O–H groups in total. The van der Waals surface area contributed by atoms with E-state index < -0.39 is 0 Å². The number of hydrogen-bond donors (Lipinski definition) is 2. The second-order valence-corrected chi connectivity index (χ2v) is 4.13. The molecule has 0 saturated heterocycles. The van der Waals surface area contributed by atoms with Gasteiger partial charge >= 0.3 is 0 Å². The number of fused-ring (bicyclic) bond motifs is 1. The number of aromatic nitrogens is 1. The van der Waals surface area contributed by atoms with Gasteiger partial charge in [0.15, 0.2) is 0 Å². The number of anilines is 1. The van der Waals surface area contributed by atoms with E-state index in [4.69, 9.17) is 5.11 Å². The Kier molecular flexibility index (Phi) is 3.15. The summed E-state index contributed by atoms with van der Waals surface area (Å²) in [5, 5.41) is 13.7. The molecule has 1 unspecified atom stereocenters. The first-order valence-corrected chi connectivity index (χ1v) is 5.67. The van der Waals surface area contributed by atoms with Gasteiger partial charge in [-0.05, 0) is 30.7 Å². The number of nitrogens with zero attached hydrogens (tertiary/aromatic N) is 1. The summed E-state index contributed by atoms with van der Waals surface area (Å²) in [5.74, 6) is 0. The first kappa shape index (κ1) is 11.0. The fraction of sp³-hybridized carbons (Fsp3) is 0.385. The van der Waals surface area contributed by atoms with Crippen molar-refractivity contribution in [2.75, 3.05) is 11.9 Å². The van der Waals surface area contributed by atoms with Crippen LogP contribution in [0, 0.1) is 0 Å². The van der Waals surface area contributed by atoms with Gasteiger partial charge in [-0.15, -0.1) is 0 Å². The van der Waals surface area contributed by atoms with Crippen LogP contribution >= 0.6 is 0 Å². The van der Waals surface area contributed by atoms with Crippen LogP contribution in [0.3, 0.4) is 0 Å². The van der Waals surface area contributed by atoms with Gasteiger partial charge in [0.05, 0.1) is 6.61 Å². The molecule has 0 aliphatic rings. The number of aryl methyl sites for hydroxylation is 1. The lowest BCUT2D eigenvalue weighted by molar-refractivity contribution is 0.272. The minimum atomic E-state index is 0.140. The standard InChI is InChI=1S/C13H18N2O/c1-3-11(9-16)14-12-4-5-13-10(8-12)6-7-15(13)2/h4-8,11,14,16H,3,9H2,1-2H3. The van der Waals surface area contributed by atoms with E-state index in [2.05, 4.69) is 47.3 Å². The summed E-state index contributed by atoms with van der Waals surface area (Å²) in [4.78, 5) is 0. The van der Waals surface area contributed by atoms with Crippen molar-refractivity contribution in [3.05, 3.63) is 30.5 Å². The van der Waals surface area contributed by atoms with Crippen molar-refractivity contribution in [1.82, 2.24) is 4.57 Å². The van der Waals surface area contributed by atoms with Gasteiger partial charge in [0, 0.05) is 35.9 Å². The summed E-state index contributed by atoms with van der Waals surface area (Å²) in [6.07, 6.45) is 2.97. The summed E-state index contributed by atoms with van der Waals surface area (Å²) >= 11 is 0. The predicted octanol–water partition coefficient (Wildman–Crippen LogP) is 2.36. The largest absolute Gasteiger partial charge is 0.394 e. The Balaban J connectivity index is 2.25. The van der Waals surface area contributed by atoms with Gasteiger partial charge in [0.25, 0.3) is 0 Å². The molecule has 0 radical (unpaired) electrons. The highest BCUT2D eigenvalue weighted by Gasteiger charge is 2.05. The number of benzene rings is 1. The molecule has 3 heteroatoms. The average molecular weight is 218 g/mol. The lowest BCUT2D eigenvalue weighted by Gasteiger charge is -2.15. The monoisotopic (exact) mass is 218 g/mol. The first-order chi connectivity index (χ1) is 7.74. The zero-order valence-electron chi connectivity index (χ0n) is 9.77. The molecule has 0 fully saturated rings. The summed E-state index contributed by atoms with van der Waals surface area (Å²) in [5.41, 5.74) is 2.29. The molecule has 0 amide bonds. The maximum atomic E-state index is 9.14. The minimum Gasteiger partial charge on any atom is -0.394 e. The molecule has 0 aliphatic heterocycles. The lowest BCUT2D eigenvalue weighted by Crippen LogP contribution is -2.22. The Bertz CT molecular complexity index is 472. The van der Waals surface area contributed by atoms with Gasteiger partial charge < -0.3 is 15.0 Å². The van der Waals surface area contributed by atoms with Crippen molar-refractivity contribution in [3.63, 3.8) is 0 Å². The Morgan fingerprint density at radius 2 is 2.19 bits per heavy atom. The molecule has 1 atom stereocenters. The summed E-state index contributed by atoms with van der Waals surface area (Å²) < 4.78 is 2.10. The first-order valence-electron chi connectivity index (χ1n) is 5.67. The van der Waals surface area contributed by atoms with Crippen LogP contribution < -0.4 is 5.32 Å². The van der Waals surface area contributed by atoms with Gasteiger partial charge in [-0.25, -0.2) is 0 Å². The van der Waals surface area contributed by atoms with Crippen LogP contribution in [-0.4, -0.2) is 22.3 Å². The predicted molar refractivity (Wildman–Crippen MR) is 67.7 cm³/mol. The van der Waals surface area contributed by atoms with Gasteiger partial charge in [-0.3, -0.25) is 0 Å². The number of aliphatic hydroxyl groups is 1. The molecule has 2 aromatic rings. The molecule has 16 heavy (non-hydrogen) atoms.